The first-order chi connectivity index (χ1) is 8.22. The fourth-order valence-corrected chi connectivity index (χ4v) is 1.88. The quantitative estimate of drug-likeness (QED) is 0.627. The van der Waals surface area contributed by atoms with Crippen LogP contribution in [0.5, 0.6) is 0 Å². The van der Waals surface area contributed by atoms with Crippen LogP contribution in [0.15, 0.2) is 27.4 Å². The number of hydrogen-bond donors (Lipinski definition) is 2. The highest BCUT2D eigenvalue weighted by molar-refractivity contribution is 7.80. The molecule has 4 nitrogen and oxygen atoms in total. The molecule has 0 atom stereocenters. The molecule has 0 aliphatic heterocycles. The van der Waals surface area contributed by atoms with Crippen LogP contribution in [0.25, 0.3) is 11.1 Å². The second kappa shape index (κ2) is 5.42. The Labute approximate surface area is 105 Å². The van der Waals surface area contributed by atoms with Crippen LogP contribution in [0, 0.1) is 0 Å². The number of hydrogen-bond acceptors (Lipinski definition) is 4. The zero-order valence-electron chi connectivity index (χ0n) is 9.77. The Morgan fingerprint density at radius 1 is 1.47 bits per heavy atom. The zero-order valence-corrected chi connectivity index (χ0v) is 10.7. The lowest BCUT2D eigenvalue weighted by atomic mass is 10.2. The van der Waals surface area contributed by atoms with Gasteiger partial charge in [-0.3, -0.25) is 4.57 Å². The maximum absolute atomic E-state index is 11.3. The van der Waals surface area contributed by atoms with Gasteiger partial charge in [0.1, 0.15) is 0 Å². The molecule has 0 amide bonds. The Morgan fingerprint density at radius 2 is 2.29 bits per heavy atom. The fraction of sp³-hybridized carbons (Fsp3) is 0.417. The summed E-state index contributed by atoms with van der Waals surface area (Å²) in [7, 11) is 1.71. The third kappa shape index (κ3) is 2.73. The number of thiol groups is 1. The SMILES string of the molecule is Cn1c(=O)oc2cc(CNCCCS)ccc21. The predicted molar refractivity (Wildman–Crippen MR) is 71.6 cm³/mol. The lowest BCUT2D eigenvalue weighted by molar-refractivity contribution is 0.527. The molecular weight excluding hydrogens is 236 g/mol. The second-order valence-corrected chi connectivity index (χ2v) is 4.43. The van der Waals surface area contributed by atoms with E-state index in [1.807, 2.05) is 18.2 Å². The maximum atomic E-state index is 11.3. The Hall–Kier alpha value is -1.20. The van der Waals surface area contributed by atoms with Gasteiger partial charge in [0.15, 0.2) is 5.58 Å². The Morgan fingerprint density at radius 3 is 3.06 bits per heavy atom. The molecule has 0 aliphatic rings. The number of nitrogens with zero attached hydrogens (tertiary/aromatic N) is 1. The second-order valence-electron chi connectivity index (χ2n) is 3.98. The summed E-state index contributed by atoms with van der Waals surface area (Å²) in [5.74, 6) is 0.569. The minimum Gasteiger partial charge on any atom is -0.408 e. The van der Waals surface area contributed by atoms with Crippen molar-refractivity contribution in [2.45, 2.75) is 13.0 Å². The summed E-state index contributed by atoms with van der Waals surface area (Å²) in [6.45, 7) is 1.72. The van der Waals surface area contributed by atoms with Crippen LogP contribution in [0.1, 0.15) is 12.0 Å². The van der Waals surface area contributed by atoms with Gasteiger partial charge >= 0.3 is 5.76 Å². The van der Waals surface area contributed by atoms with Crippen molar-refractivity contribution in [3.05, 3.63) is 34.3 Å². The molecule has 0 unspecified atom stereocenters. The van der Waals surface area contributed by atoms with Crippen molar-refractivity contribution in [2.75, 3.05) is 12.3 Å². The van der Waals surface area contributed by atoms with Crippen molar-refractivity contribution in [3.8, 4) is 0 Å². The fourth-order valence-electron chi connectivity index (χ4n) is 1.73. The summed E-state index contributed by atoms with van der Waals surface area (Å²) < 4.78 is 6.64. The van der Waals surface area contributed by atoms with Crippen LogP contribution in [-0.4, -0.2) is 16.9 Å². The lowest BCUT2D eigenvalue weighted by Crippen LogP contribution is -2.14. The molecule has 2 aromatic rings. The van der Waals surface area contributed by atoms with E-state index in [4.69, 9.17) is 4.42 Å². The highest BCUT2D eigenvalue weighted by Gasteiger charge is 2.05. The van der Waals surface area contributed by atoms with E-state index in [2.05, 4.69) is 17.9 Å². The van der Waals surface area contributed by atoms with Crippen LogP contribution in [-0.2, 0) is 13.6 Å². The van der Waals surface area contributed by atoms with Crippen LogP contribution >= 0.6 is 12.6 Å². The number of rotatable bonds is 5. The third-order valence-corrected chi connectivity index (χ3v) is 3.01. The number of nitrogens with one attached hydrogen (secondary N) is 1. The van der Waals surface area contributed by atoms with E-state index in [0.717, 1.165) is 36.3 Å². The van der Waals surface area contributed by atoms with Crippen molar-refractivity contribution in [1.29, 1.82) is 0 Å². The van der Waals surface area contributed by atoms with Crippen molar-refractivity contribution >= 4 is 23.7 Å². The number of oxazole rings is 1. The summed E-state index contributed by atoms with van der Waals surface area (Å²) in [6.07, 6.45) is 1.05. The largest absolute Gasteiger partial charge is 0.419 e. The Bertz CT molecular complexity index is 559. The van der Waals surface area contributed by atoms with Gasteiger partial charge in [0, 0.05) is 13.6 Å². The first kappa shape index (κ1) is 12.3. The van der Waals surface area contributed by atoms with Crippen molar-refractivity contribution in [2.24, 2.45) is 7.05 Å². The summed E-state index contributed by atoms with van der Waals surface area (Å²) >= 11 is 4.15. The van der Waals surface area contributed by atoms with Gasteiger partial charge in [0.05, 0.1) is 5.52 Å². The van der Waals surface area contributed by atoms with E-state index in [1.54, 1.807) is 7.05 Å². The number of fused-ring (bicyclic) bond motifs is 1. The summed E-state index contributed by atoms with van der Waals surface area (Å²) in [5, 5.41) is 3.31. The Kier molecular flexibility index (Phi) is 3.91. The van der Waals surface area contributed by atoms with E-state index in [0.29, 0.717) is 5.58 Å². The molecule has 1 aromatic carbocycles. The standard InChI is InChI=1S/C12H16N2O2S/c1-14-10-4-3-9(8-13-5-2-6-17)7-11(10)16-12(14)15/h3-4,7,13,17H,2,5-6,8H2,1H3. The highest BCUT2D eigenvalue weighted by Crippen LogP contribution is 2.13. The molecule has 0 aliphatic carbocycles. The van der Waals surface area contributed by atoms with Crippen molar-refractivity contribution < 1.29 is 4.42 Å². The van der Waals surface area contributed by atoms with Gasteiger partial charge in [0.25, 0.3) is 0 Å². The minimum atomic E-state index is -0.319. The molecule has 0 radical (unpaired) electrons. The molecule has 1 N–H and O–H groups in total. The first-order valence-electron chi connectivity index (χ1n) is 5.62. The van der Waals surface area contributed by atoms with Crippen LogP contribution in [0.4, 0.5) is 0 Å². The van der Waals surface area contributed by atoms with E-state index in [9.17, 15) is 4.79 Å². The van der Waals surface area contributed by atoms with Gasteiger partial charge in [-0.25, -0.2) is 4.79 Å². The summed E-state index contributed by atoms with van der Waals surface area (Å²) in [6, 6.07) is 5.82. The summed E-state index contributed by atoms with van der Waals surface area (Å²) in [5.41, 5.74) is 2.59. The van der Waals surface area contributed by atoms with Gasteiger partial charge in [0.2, 0.25) is 0 Å². The number of aromatic nitrogens is 1. The van der Waals surface area contributed by atoms with E-state index >= 15 is 0 Å². The molecular formula is C12H16N2O2S. The molecule has 1 aromatic heterocycles. The maximum Gasteiger partial charge on any atom is 0.419 e. The van der Waals surface area contributed by atoms with Crippen LogP contribution < -0.4 is 11.1 Å². The van der Waals surface area contributed by atoms with Gasteiger partial charge < -0.3 is 9.73 Å². The van der Waals surface area contributed by atoms with E-state index < -0.39 is 0 Å². The minimum absolute atomic E-state index is 0.319. The Balaban J connectivity index is 2.12. The van der Waals surface area contributed by atoms with Gasteiger partial charge in [-0.1, -0.05) is 6.07 Å². The average Bonchev–Trinajstić information content (AvgIpc) is 2.61. The van der Waals surface area contributed by atoms with E-state index in [1.165, 1.54) is 4.57 Å². The zero-order chi connectivity index (χ0) is 12.3. The lowest BCUT2D eigenvalue weighted by Gasteiger charge is -2.03. The molecule has 0 saturated carbocycles. The molecule has 0 saturated heterocycles. The average molecular weight is 252 g/mol. The van der Waals surface area contributed by atoms with Gasteiger partial charge in [-0.05, 0) is 36.4 Å². The summed E-state index contributed by atoms with van der Waals surface area (Å²) in [4.78, 5) is 11.3. The number of benzene rings is 1. The monoisotopic (exact) mass is 252 g/mol. The first-order valence-corrected chi connectivity index (χ1v) is 6.25. The molecule has 92 valence electrons. The van der Waals surface area contributed by atoms with Crippen LogP contribution in [0.2, 0.25) is 0 Å². The highest BCUT2D eigenvalue weighted by atomic mass is 32.1. The van der Waals surface area contributed by atoms with Gasteiger partial charge in [-0.2, -0.15) is 12.6 Å². The van der Waals surface area contributed by atoms with Crippen LogP contribution in [0.3, 0.4) is 0 Å². The third-order valence-electron chi connectivity index (χ3n) is 2.70. The normalized spacial score (nSPS) is 11.2. The van der Waals surface area contributed by atoms with E-state index in [-0.39, 0.29) is 5.76 Å². The molecule has 17 heavy (non-hydrogen) atoms. The molecule has 0 spiro atoms. The van der Waals surface area contributed by atoms with Crippen molar-refractivity contribution in [1.82, 2.24) is 9.88 Å². The van der Waals surface area contributed by atoms with Crippen molar-refractivity contribution in [3.63, 3.8) is 0 Å². The molecule has 0 bridgehead atoms. The molecule has 5 heteroatoms. The topological polar surface area (TPSA) is 47.2 Å². The smallest absolute Gasteiger partial charge is 0.408 e. The molecule has 1 heterocycles. The predicted octanol–water partition coefficient (Wildman–Crippen LogP) is 1.54. The molecule has 2 rings (SSSR count). The van der Waals surface area contributed by atoms with Gasteiger partial charge in [-0.15, -0.1) is 0 Å². The molecule has 0 fully saturated rings. The number of aryl methyl sites for hydroxylation is 1.